The smallest absolute Gasteiger partial charge is 0.315 e. The molecule has 1 saturated carbocycles. The largest absolute Gasteiger partial charge is 0.336 e. The molecular formula is C13H17F2N3O3S. The van der Waals surface area contributed by atoms with Crippen molar-refractivity contribution in [3.8, 4) is 0 Å². The van der Waals surface area contributed by atoms with Gasteiger partial charge in [-0.15, -0.1) is 0 Å². The van der Waals surface area contributed by atoms with Gasteiger partial charge >= 0.3 is 6.03 Å². The third-order valence-corrected chi connectivity index (χ3v) is 4.27. The van der Waals surface area contributed by atoms with Crippen molar-refractivity contribution in [2.45, 2.75) is 18.9 Å². The van der Waals surface area contributed by atoms with E-state index in [0.717, 1.165) is 35.5 Å². The first-order valence-corrected chi connectivity index (χ1v) is 8.59. The first-order chi connectivity index (χ1) is 10.3. The molecule has 1 aliphatic rings. The fourth-order valence-corrected chi connectivity index (χ4v) is 2.81. The molecule has 1 aromatic rings. The summed E-state index contributed by atoms with van der Waals surface area (Å²) in [6.45, 7) is -0.151. The summed E-state index contributed by atoms with van der Waals surface area (Å²) < 4.78 is 51.0. The van der Waals surface area contributed by atoms with Gasteiger partial charge in [-0.25, -0.2) is 22.0 Å². The highest BCUT2D eigenvalue weighted by atomic mass is 32.2. The van der Waals surface area contributed by atoms with Crippen LogP contribution >= 0.6 is 0 Å². The monoisotopic (exact) mass is 333 g/mol. The summed E-state index contributed by atoms with van der Waals surface area (Å²) in [5.74, 6) is -1.77. The predicted octanol–water partition coefficient (Wildman–Crippen LogP) is 1.19. The fraction of sp³-hybridized carbons (Fsp3) is 0.462. The maximum Gasteiger partial charge on any atom is 0.315 e. The summed E-state index contributed by atoms with van der Waals surface area (Å²) in [5, 5.41) is 5.19. The van der Waals surface area contributed by atoms with Gasteiger partial charge in [0, 0.05) is 18.7 Å². The maximum absolute atomic E-state index is 13.8. The van der Waals surface area contributed by atoms with E-state index >= 15 is 0 Å². The zero-order valence-electron chi connectivity index (χ0n) is 12.0. The Morgan fingerprint density at radius 1 is 1.36 bits per heavy atom. The van der Waals surface area contributed by atoms with Gasteiger partial charge in [-0.05, 0) is 25.0 Å². The average molecular weight is 333 g/mol. The van der Waals surface area contributed by atoms with E-state index in [1.807, 2.05) is 0 Å². The average Bonchev–Trinajstić information content (AvgIpc) is 3.18. The van der Waals surface area contributed by atoms with Crippen molar-refractivity contribution >= 4 is 21.7 Å². The highest BCUT2D eigenvalue weighted by molar-refractivity contribution is 7.92. The first kappa shape index (κ1) is 16.5. The summed E-state index contributed by atoms with van der Waals surface area (Å²) >= 11 is 0. The number of carbonyl (C=O) groups excluding carboxylic acids is 1. The minimum atomic E-state index is -3.76. The molecule has 1 aliphatic carbocycles. The lowest BCUT2D eigenvalue weighted by molar-refractivity contribution is 0.241. The lowest BCUT2D eigenvalue weighted by atomic mass is 10.3. The minimum Gasteiger partial charge on any atom is -0.336 e. The zero-order valence-corrected chi connectivity index (χ0v) is 12.8. The van der Waals surface area contributed by atoms with Crippen LogP contribution in [0.2, 0.25) is 0 Å². The molecule has 0 spiro atoms. The van der Waals surface area contributed by atoms with Crippen molar-refractivity contribution in [3.05, 3.63) is 29.8 Å². The molecule has 0 unspecified atom stereocenters. The van der Waals surface area contributed by atoms with Crippen molar-refractivity contribution in [1.29, 1.82) is 0 Å². The number of hydrogen-bond donors (Lipinski definition) is 2. The van der Waals surface area contributed by atoms with Gasteiger partial charge in [0.15, 0.2) is 0 Å². The van der Waals surface area contributed by atoms with Gasteiger partial charge in [0.2, 0.25) is 10.0 Å². The molecule has 1 aromatic carbocycles. The molecule has 6 nitrogen and oxygen atoms in total. The standard InChI is InChI=1S/C13H17F2N3O3S/c1-22(20,21)18(12-5-2-9(14)8-11(12)15)7-6-16-13(19)17-10-3-4-10/h2,5,8,10H,3-4,6-7H2,1H3,(H2,16,17,19). The lowest BCUT2D eigenvalue weighted by Crippen LogP contribution is -2.42. The Kier molecular flexibility index (Phi) is 4.84. The SMILES string of the molecule is CS(=O)(=O)N(CCNC(=O)NC1CC1)c1ccc(F)cc1F. The molecular weight excluding hydrogens is 316 g/mol. The summed E-state index contributed by atoms with van der Waals surface area (Å²) in [6, 6.07) is 2.43. The Bertz CT molecular complexity index is 662. The van der Waals surface area contributed by atoms with E-state index in [4.69, 9.17) is 0 Å². The summed E-state index contributed by atoms with van der Waals surface area (Å²) in [6.07, 6.45) is 2.79. The van der Waals surface area contributed by atoms with Crippen LogP contribution in [0.1, 0.15) is 12.8 Å². The predicted molar refractivity (Wildman–Crippen MR) is 78.1 cm³/mol. The summed E-state index contributed by atoms with van der Waals surface area (Å²) in [4.78, 5) is 11.5. The number of urea groups is 1. The number of amides is 2. The van der Waals surface area contributed by atoms with Crippen LogP contribution in [0.4, 0.5) is 19.3 Å². The molecule has 9 heteroatoms. The Morgan fingerprint density at radius 2 is 2.05 bits per heavy atom. The van der Waals surface area contributed by atoms with Gasteiger partial charge in [-0.3, -0.25) is 4.31 Å². The van der Waals surface area contributed by atoms with Crippen molar-refractivity contribution in [2.24, 2.45) is 0 Å². The molecule has 2 N–H and O–H groups in total. The number of rotatable bonds is 6. The number of halogens is 2. The van der Waals surface area contributed by atoms with Crippen molar-refractivity contribution in [1.82, 2.24) is 10.6 Å². The Balaban J connectivity index is 2.02. The number of nitrogens with one attached hydrogen (secondary N) is 2. The minimum absolute atomic E-state index is 0.00242. The molecule has 2 amide bonds. The molecule has 0 heterocycles. The third kappa shape index (κ3) is 4.55. The summed E-state index contributed by atoms with van der Waals surface area (Å²) in [5.41, 5.74) is -0.256. The van der Waals surface area contributed by atoms with Crippen LogP contribution < -0.4 is 14.9 Å². The van der Waals surface area contributed by atoms with Gasteiger partial charge in [-0.1, -0.05) is 0 Å². The third-order valence-electron chi connectivity index (χ3n) is 3.09. The van der Waals surface area contributed by atoms with Gasteiger partial charge < -0.3 is 10.6 Å². The second-order valence-electron chi connectivity index (χ2n) is 5.11. The van der Waals surface area contributed by atoms with Gasteiger partial charge in [0.05, 0.1) is 18.5 Å². The normalized spacial score (nSPS) is 14.5. The Hall–Kier alpha value is -1.90. The number of anilines is 1. The van der Waals surface area contributed by atoms with Crippen LogP contribution in [0.25, 0.3) is 0 Å². The molecule has 22 heavy (non-hydrogen) atoms. The second-order valence-corrected chi connectivity index (χ2v) is 7.01. The van der Waals surface area contributed by atoms with Crippen LogP contribution in [0.3, 0.4) is 0 Å². The number of carbonyl (C=O) groups is 1. The van der Waals surface area contributed by atoms with Crippen LogP contribution in [-0.2, 0) is 10.0 Å². The van der Waals surface area contributed by atoms with Crippen LogP contribution in [0, 0.1) is 11.6 Å². The van der Waals surface area contributed by atoms with E-state index in [9.17, 15) is 22.0 Å². The van der Waals surface area contributed by atoms with E-state index in [-0.39, 0.29) is 24.8 Å². The topological polar surface area (TPSA) is 78.5 Å². The van der Waals surface area contributed by atoms with Crippen molar-refractivity contribution in [2.75, 3.05) is 23.7 Å². The van der Waals surface area contributed by atoms with Crippen LogP contribution in [-0.4, -0.2) is 39.8 Å². The zero-order chi connectivity index (χ0) is 16.3. The number of sulfonamides is 1. The van der Waals surface area contributed by atoms with Crippen molar-refractivity contribution in [3.63, 3.8) is 0 Å². The Labute approximate surface area is 127 Å². The molecule has 0 radical (unpaired) electrons. The van der Waals surface area contributed by atoms with E-state index in [1.165, 1.54) is 0 Å². The highest BCUT2D eigenvalue weighted by Crippen LogP contribution is 2.22. The molecule has 2 rings (SSSR count). The molecule has 0 aliphatic heterocycles. The maximum atomic E-state index is 13.8. The molecule has 0 saturated heterocycles. The molecule has 0 aromatic heterocycles. The van der Waals surface area contributed by atoms with E-state index < -0.39 is 27.7 Å². The van der Waals surface area contributed by atoms with Gasteiger partial charge in [0.1, 0.15) is 11.6 Å². The number of hydrogen-bond acceptors (Lipinski definition) is 3. The van der Waals surface area contributed by atoms with E-state index in [0.29, 0.717) is 6.07 Å². The van der Waals surface area contributed by atoms with E-state index in [1.54, 1.807) is 0 Å². The highest BCUT2D eigenvalue weighted by Gasteiger charge is 2.24. The molecule has 0 atom stereocenters. The van der Waals surface area contributed by atoms with E-state index in [2.05, 4.69) is 10.6 Å². The Morgan fingerprint density at radius 3 is 2.59 bits per heavy atom. The summed E-state index contributed by atoms with van der Waals surface area (Å²) in [7, 11) is -3.76. The number of benzene rings is 1. The first-order valence-electron chi connectivity index (χ1n) is 6.74. The van der Waals surface area contributed by atoms with Crippen molar-refractivity contribution < 1.29 is 22.0 Å². The number of nitrogens with zero attached hydrogens (tertiary/aromatic N) is 1. The van der Waals surface area contributed by atoms with Gasteiger partial charge in [0.25, 0.3) is 0 Å². The molecule has 122 valence electrons. The van der Waals surface area contributed by atoms with Crippen LogP contribution in [0.5, 0.6) is 0 Å². The fourth-order valence-electron chi connectivity index (χ4n) is 1.88. The van der Waals surface area contributed by atoms with Gasteiger partial charge in [-0.2, -0.15) is 0 Å². The molecule has 1 fully saturated rings. The second kappa shape index (κ2) is 6.47. The molecule has 0 bridgehead atoms. The lowest BCUT2D eigenvalue weighted by Gasteiger charge is -2.23. The van der Waals surface area contributed by atoms with Crippen LogP contribution in [0.15, 0.2) is 18.2 Å². The quantitative estimate of drug-likeness (QED) is 0.821.